The van der Waals surface area contributed by atoms with E-state index >= 15 is 0 Å². The minimum absolute atomic E-state index is 0.0406. The van der Waals surface area contributed by atoms with Crippen LogP contribution < -0.4 is 4.90 Å². The van der Waals surface area contributed by atoms with E-state index in [9.17, 15) is 24.3 Å². The molecule has 2 N–H and O–H groups in total. The van der Waals surface area contributed by atoms with Gasteiger partial charge in [0.05, 0.1) is 24.9 Å². The van der Waals surface area contributed by atoms with Gasteiger partial charge in [-0.1, -0.05) is 23.7 Å². The molecule has 1 aliphatic rings. The lowest BCUT2D eigenvalue weighted by atomic mass is 10.1. The molecule has 2 aromatic carbocycles. The molecule has 0 bridgehead atoms. The molecule has 1 heterocycles. The highest BCUT2D eigenvalue weighted by molar-refractivity contribution is 8.01. The van der Waals surface area contributed by atoms with Crippen molar-refractivity contribution >= 4 is 52.8 Å². The molecule has 2 aromatic rings. The summed E-state index contributed by atoms with van der Waals surface area (Å²) >= 11 is 6.74. The van der Waals surface area contributed by atoms with E-state index in [4.69, 9.17) is 21.4 Å². The number of carbonyl (C=O) groups is 4. The van der Waals surface area contributed by atoms with Crippen LogP contribution in [-0.2, 0) is 25.5 Å². The second kappa shape index (κ2) is 16.5. The number of anilines is 1. The number of aliphatic carboxylic acids is 2. The standard InChI is InChI=1S/C30H38ClN3O7S/c1-21(2)41-18-17-34(27(35)20-42-26(30(39)40)19-28(36)37)25-9-5-23(6-10-25)29(38)33-15-13-32(14-16-33)12-11-22-3-7-24(31)8-4-22/h3-10,21,26H,11-20H2,1-2H3,(H,36,37)(H,39,40). The van der Waals surface area contributed by atoms with Crippen LogP contribution in [0.15, 0.2) is 48.5 Å². The van der Waals surface area contributed by atoms with Crippen molar-refractivity contribution in [2.75, 3.05) is 56.5 Å². The number of halogens is 1. The van der Waals surface area contributed by atoms with Crippen LogP contribution in [0.25, 0.3) is 0 Å². The van der Waals surface area contributed by atoms with Crippen molar-refractivity contribution in [2.24, 2.45) is 0 Å². The Hall–Kier alpha value is -3.12. The number of amides is 2. The number of thioether (sulfide) groups is 1. The molecule has 1 atom stereocenters. The maximum absolute atomic E-state index is 13.2. The fourth-order valence-electron chi connectivity index (χ4n) is 4.48. The van der Waals surface area contributed by atoms with Crippen LogP contribution >= 0.6 is 23.4 Å². The fraction of sp³-hybridized carbons (Fsp3) is 0.467. The summed E-state index contributed by atoms with van der Waals surface area (Å²) in [6.45, 7) is 7.96. The first-order valence-electron chi connectivity index (χ1n) is 13.9. The number of piperazine rings is 1. The number of ether oxygens (including phenoxy) is 1. The number of carboxylic acids is 2. The van der Waals surface area contributed by atoms with Crippen molar-refractivity contribution in [3.8, 4) is 0 Å². The van der Waals surface area contributed by atoms with E-state index < -0.39 is 23.6 Å². The van der Waals surface area contributed by atoms with Crippen LogP contribution in [-0.4, -0.2) is 107 Å². The lowest BCUT2D eigenvalue weighted by Crippen LogP contribution is -2.49. The molecule has 10 nitrogen and oxygen atoms in total. The highest BCUT2D eigenvalue weighted by atomic mass is 35.5. The molecule has 0 aromatic heterocycles. The molecular formula is C30H38ClN3O7S. The molecule has 228 valence electrons. The monoisotopic (exact) mass is 619 g/mol. The van der Waals surface area contributed by atoms with Crippen molar-refractivity contribution in [1.29, 1.82) is 0 Å². The van der Waals surface area contributed by atoms with Gasteiger partial charge in [-0.2, -0.15) is 0 Å². The molecule has 2 amide bonds. The first-order chi connectivity index (χ1) is 20.0. The summed E-state index contributed by atoms with van der Waals surface area (Å²) in [6.07, 6.45) is 0.289. The summed E-state index contributed by atoms with van der Waals surface area (Å²) in [5, 5.41) is 17.8. The van der Waals surface area contributed by atoms with Gasteiger partial charge in [-0.3, -0.25) is 24.1 Å². The van der Waals surface area contributed by atoms with Crippen LogP contribution in [0.4, 0.5) is 5.69 Å². The maximum Gasteiger partial charge on any atom is 0.317 e. The van der Waals surface area contributed by atoms with Crippen LogP contribution in [0, 0.1) is 0 Å². The van der Waals surface area contributed by atoms with E-state index in [0.29, 0.717) is 24.3 Å². The number of nitrogens with zero attached hydrogens (tertiary/aromatic N) is 3. The minimum Gasteiger partial charge on any atom is -0.481 e. The van der Waals surface area contributed by atoms with Crippen molar-refractivity contribution in [1.82, 2.24) is 9.80 Å². The van der Waals surface area contributed by atoms with Crippen LogP contribution in [0.2, 0.25) is 5.02 Å². The van der Waals surface area contributed by atoms with E-state index in [2.05, 4.69) is 4.90 Å². The second-order valence-electron chi connectivity index (χ2n) is 10.3. The summed E-state index contributed by atoms with van der Waals surface area (Å²) in [4.78, 5) is 54.4. The molecule has 1 unspecified atom stereocenters. The molecule has 1 fully saturated rings. The third-order valence-electron chi connectivity index (χ3n) is 6.83. The number of hydrogen-bond acceptors (Lipinski definition) is 7. The first kappa shape index (κ1) is 33.4. The SMILES string of the molecule is CC(C)OCCN(C(=O)CSC(CC(=O)O)C(=O)O)c1ccc(C(=O)N2CCN(CCc3ccc(Cl)cc3)CC2)cc1. The quantitative estimate of drug-likeness (QED) is 0.306. The third-order valence-corrected chi connectivity index (χ3v) is 8.26. The Kier molecular flexibility index (Phi) is 13.1. The van der Waals surface area contributed by atoms with Gasteiger partial charge in [0.15, 0.2) is 0 Å². The normalized spacial score (nSPS) is 14.5. The number of benzene rings is 2. The summed E-state index contributed by atoms with van der Waals surface area (Å²) in [7, 11) is 0. The van der Waals surface area contributed by atoms with Gasteiger partial charge in [0.2, 0.25) is 5.91 Å². The summed E-state index contributed by atoms with van der Waals surface area (Å²) < 4.78 is 5.61. The summed E-state index contributed by atoms with van der Waals surface area (Å²) in [5.74, 6) is -3.19. The number of carbonyl (C=O) groups excluding carboxylic acids is 2. The lowest BCUT2D eigenvalue weighted by Gasteiger charge is -2.35. The van der Waals surface area contributed by atoms with Crippen LogP contribution in [0.5, 0.6) is 0 Å². The Morgan fingerprint density at radius 1 is 0.976 bits per heavy atom. The van der Waals surface area contributed by atoms with Crippen molar-refractivity contribution < 1.29 is 34.1 Å². The topological polar surface area (TPSA) is 128 Å². The van der Waals surface area contributed by atoms with Gasteiger partial charge < -0.3 is 24.7 Å². The van der Waals surface area contributed by atoms with Gasteiger partial charge in [0.1, 0.15) is 5.25 Å². The predicted molar refractivity (Wildman–Crippen MR) is 164 cm³/mol. The number of carboxylic acid groups (broad SMARTS) is 2. The highest BCUT2D eigenvalue weighted by Crippen LogP contribution is 2.21. The zero-order valence-corrected chi connectivity index (χ0v) is 25.5. The minimum atomic E-state index is -1.28. The zero-order valence-electron chi connectivity index (χ0n) is 23.9. The summed E-state index contributed by atoms with van der Waals surface area (Å²) in [6, 6.07) is 14.6. The molecule has 12 heteroatoms. The molecule has 0 aliphatic carbocycles. The van der Waals surface area contributed by atoms with Gasteiger partial charge in [-0.25, -0.2) is 0 Å². The lowest BCUT2D eigenvalue weighted by molar-refractivity contribution is -0.142. The average Bonchev–Trinajstić information content (AvgIpc) is 2.96. The van der Waals surface area contributed by atoms with Crippen molar-refractivity contribution in [3.63, 3.8) is 0 Å². The molecule has 0 spiro atoms. The second-order valence-corrected chi connectivity index (χ2v) is 11.9. The van der Waals surface area contributed by atoms with Crippen LogP contribution in [0.3, 0.4) is 0 Å². The van der Waals surface area contributed by atoms with E-state index in [-0.39, 0.29) is 36.8 Å². The van der Waals surface area contributed by atoms with Gasteiger partial charge in [0.25, 0.3) is 5.91 Å². The molecule has 0 radical (unpaired) electrons. The molecule has 1 saturated heterocycles. The van der Waals surface area contributed by atoms with E-state index in [0.717, 1.165) is 42.8 Å². The van der Waals surface area contributed by atoms with Gasteiger partial charge in [-0.15, -0.1) is 11.8 Å². The Bertz CT molecular complexity index is 1200. The van der Waals surface area contributed by atoms with E-state index in [1.54, 1.807) is 24.3 Å². The Labute approximate surface area is 255 Å². The Morgan fingerprint density at radius 2 is 1.62 bits per heavy atom. The van der Waals surface area contributed by atoms with Crippen molar-refractivity contribution in [2.45, 2.75) is 38.0 Å². The van der Waals surface area contributed by atoms with Crippen molar-refractivity contribution in [3.05, 3.63) is 64.7 Å². The zero-order chi connectivity index (χ0) is 30.6. The predicted octanol–water partition coefficient (Wildman–Crippen LogP) is 3.76. The molecule has 1 aliphatic heterocycles. The van der Waals surface area contributed by atoms with E-state index in [1.807, 2.05) is 43.0 Å². The number of rotatable bonds is 15. The molecule has 0 saturated carbocycles. The van der Waals surface area contributed by atoms with Gasteiger partial charge in [-0.05, 0) is 62.2 Å². The molecular weight excluding hydrogens is 582 g/mol. The summed E-state index contributed by atoms with van der Waals surface area (Å²) in [5.41, 5.74) is 2.28. The third kappa shape index (κ3) is 10.6. The maximum atomic E-state index is 13.2. The largest absolute Gasteiger partial charge is 0.481 e. The highest BCUT2D eigenvalue weighted by Gasteiger charge is 2.26. The smallest absolute Gasteiger partial charge is 0.317 e. The van der Waals surface area contributed by atoms with E-state index in [1.165, 1.54) is 10.5 Å². The van der Waals surface area contributed by atoms with Gasteiger partial charge >= 0.3 is 11.9 Å². The molecule has 3 rings (SSSR count). The first-order valence-corrected chi connectivity index (χ1v) is 15.3. The number of hydrogen-bond donors (Lipinski definition) is 2. The Balaban J connectivity index is 1.58. The fourth-order valence-corrected chi connectivity index (χ4v) is 5.51. The average molecular weight is 620 g/mol. The van der Waals surface area contributed by atoms with Gasteiger partial charge in [0, 0.05) is 55.5 Å². The Morgan fingerprint density at radius 3 is 2.19 bits per heavy atom. The van der Waals surface area contributed by atoms with Crippen LogP contribution in [0.1, 0.15) is 36.2 Å². The molecule has 42 heavy (non-hydrogen) atoms.